The highest BCUT2D eigenvalue weighted by atomic mass is 32.1. The summed E-state index contributed by atoms with van der Waals surface area (Å²) in [6.45, 7) is 3.82. The molecular formula is C16H15F2N3O2S. The lowest BCUT2D eigenvalue weighted by Crippen LogP contribution is -2.19. The lowest BCUT2D eigenvalue weighted by atomic mass is 10.1. The van der Waals surface area contributed by atoms with Crippen molar-refractivity contribution in [1.82, 2.24) is 14.5 Å². The Bertz CT molecular complexity index is 993. The van der Waals surface area contributed by atoms with Crippen molar-refractivity contribution in [2.75, 3.05) is 0 Å². The molecule has 0 fully saturated rings. The summed E-state index contributed by atoms with van der Waals surface area (Å²) in [6.07, 6.45) is -0.694. The van der Waals surface area contributed by atoms with Crippen molar-refractivity contribution in [3.63, 3.8) is 0 Å². The van der Waals surface area contributed by atoms with E-state index in [1.54, 1.807) is 16.7 Å². The largest absolute Gasteiger partial charge is 0.463 e. The highest BCUT2D eigenvalue weighted by Crippen LogP contribution is 2.30. The van der Waals surface area contributed by atoms with Gasteiger partial charge in [-0.1, -0.05) is 6.92 Å². The van der Waals surface area contributed by atoms with Gasteiger partial charge in [0.25, 0.3) is 12.0 Å². The molecule has 0 bridgehead atoms. The SMILES string of the molecule is CC[C@H](C)n1c(=S)[nH]c(=O)c2c(C(F)F)cc(-c3ccco3)nc21. The van der Waals surface area contributed by atoms with Gasteiger partial charge in [0.1, 0.15) is 11.3 Å². The van der Waals surface area contributed by atoms with Gasteiger partial charge in [-0.2, -0.15) is 0 Å². The van der Waals surface area contributed by atoms with Crippen molar-refractivity contribution in [1.29, 1.82) is 0 Å². The number of H-pyrrole nitrogens is 1. The van der Waals surface area contributed by atoms with Crippen LogP contribution in [-0.4, -0.2) is 14.5 Å². The first-order chi connectivity index (χ1) is 11.4. The molecule has 8 heteroatoms. The third-order valence-corrected chi connectivity index (χ3v) is 4.26. The van der Waals surface area contributed by atoms with Crippen LogP contribution in [0.2, 0.25) is 0 Å². The maximum Gasteiger partial charge on any atom is 0.264 e. The van der Waals surface area contributed by atoms with Crippen molar-refractivity contribution >= 4 is 23.3 Å². The van der Waals surface area contributed by atoms with E-state index >= 15 is 0 Å². The zero-order valence-electron chi connectivity index (χ0n) is 13.0. The minimum absolute atomic E-state index is 0.110. The third-order valence-electron chi connectivity index (χ3n) is 3.97. The zero-order valence-corrected chi connectivity index (χ0v) is 13.9. The van der Waals surface area contributed by atoms with Crippen LogP contribution < -0.4 is 5.56 Å². The molecule has 0 aliphatic heterocycles. The van der Waals surface area contributed by atoms with Gasteiger partial charge in [0.05, 0.1) is 11.6 Å². The van der Waals surface area contributed by atoms with Gasteiger partial charge in [-0.15, -0.1) is 0 Å². The topological polar surface area (TPSA) is 63.8 Å². The fraction of sp³-hybridized carbons (Fsp3) is 0.312. The molecule has 0 radical (unpaired) electrons. The molecule has 0 amide bonds. The number of alkyl halides is 2. The molecule has 0 saturated heterocycles. The van der Waals surface area contributed by atoms with E-state index in [-0.39, 0.29) is 33.1 Å². The van der Waals surface area contributed by atoms with Gasteiger partial charge in [-0.3, -0.25) is 14.3 Å². The average molecular weight is 351 g/mol. The third kappa shape index (κ3) is 2.66. The molecule has 3 aromatic heterocycles. The van der Waals surface area contributed by atoms with Crippen molar-refractivity contribution in [3.8, 4) is 11.5 Å². The van der Waals surface area contributed by atoms with E-state index in [4.69, 9.17) is 16.6 Å². The normalized spacial score (nSPS) is 12.9. The summed E-state index contributed by atoms with van der Waals surface area (Å²) in [4.78, 5) is 19.1. The monoisotopic (exact) mass is 351 g/mol. The van der Waals surface area contributed by atoms with Crippen LogP contribution in [0.5, 0.6) is 0 Å². The molecule has 3 rings (SSSR count). The fourth-order valence-corrected chi connectivity index (χ4v) is 2.95. The van der Waals surface area contributed by atoms with E-state index in [1.807, 2.05) is 13.8 Å². The van der Waals surface area contributed by atoms with Gasteiger partial charge < -0.3 is 4.42 Å². The molecule has 1 atom stereocenters. The molecule has 5 nitrogen and oxygen atoms in total. The molecule has 3 aromatic rings. The number of halogens is 2. The van der Waals surface area contributed by atoms with Gasteiger partial charge in [0.15, 0.2) is 10.5 Å². The standard InChI is InChI=1S/C16H15F2N3O2S/c1-3-8(2)21-14-12(15(22)20-16(21)24)9(13(17)18)7-10(19-14)11-5-4-6-23-11/h4-8,13H,3H2,1-2H3,(H,20,22,24)/t8-/m0/s1. The van der Waals surface area contributed by atoms with Gasteiger partial charge in [-0.05, 0) is 43.8 Å². The second kappa shape index (κ2) is 6.27. The predicted octanol–water partition coefficient (Wildman–Crippen LogP) is 4.62. The Hall–Kier alpha value is -2.35. The van der Waals surface area contributed by atoms with Crippen LogP contribution in [0.4, 0.5) is 8.78 Å². The lowest BCUT2D eigenvalue weighted by Gasteiger charge is -2.18. The highest BCUT2D eigenvalue weighted by Gasteiger charge is 2.22. The summed E-state index contributed by atoms with van der Waals surface area (Å²) in [5, 5.41) is -0.144. The Morgan fingerprint density at radius 1 is 1.46 bits per heavy atom. The average Bonchev–Trinajstić information content (AvgIpc) is 3.07. The quantitative estimate of drug-likeness (QED) is 0.697. The number of rotatable bonds is 4. The summed E-state index contributed by atoms with van der Waals surface area (Å²) in [5.41, 5.74) is -0.676. The highest BCUT2D eigenvalue weighted by molar-refractivity contribution is 7.71. The number of fused-ring (bicyclic) bond motifs is 1. The van der Waals surface area contributed by atoms with Crippen molar-refractivity contribution in [2.24, 2.45) is 0 Å². The van der Waals surface area contributed by atoms with Crippen LogP contribution in [0.1, 0.15) is 38.3 Å². The number of nitrogens with zero attached hydrogens (tertiary/aromatic N) is 2. The molecule has 1 N–H and O–H groups in total. The minimum atomic E-state index is -2.83. The van der Waals surface area contributed by atoms with Crippen LogP contribution in [0.15, 0.2) is 33.7 Å². The molecule has 0 saturated carbocycles. The number of hydrogen-bond acceptors (Lipinski definition) is 4. The van der Waals surface area contributed by atoms with Crippen molar-refractivity contribution in [3.05, 3.63) is 45.2 Å². The van der Waals surface area contributed by atoms with E-state index in [9.17, 15) is 13.6 Å². The maximum atomic E-state index is 13.6. The number of aromatic nitrogens is 3. The second-order valence-electron chi connectivity index (χ2n) is 5.46. The van der Waals surface area contributed by atoms with Gasteiger partial charge in [0.2, 0.25) is 0 Å². The van der Waals surface area contributed by atoms with Crippen LogP contribution in [-0.2, 0) is 0 Å². The van der Waals surface area contributed by atoms with Crippen molar-refractivity contribution in [2.45, 2.75) is 32.7 Å². The first-order valence-electron chi connectivity index (χ1n) is 7.45. The first-order valence-corrected chi connectivity index (χ1v) is 7.86. The van der Waals surface area contributed by atoms with E-state index in [0.717, 1.165) is 0 Å². The van der Waals surface area contributed by atoms with E-state index in [2.05, 4.69) is 9.97 Å². The van der Waals surface area contributed by atoms with E-state index in [0.29, 0.717) is 12.2 Å². The number of aromatic amines is 1. The van der Waals surface area contributed by atoms with Gasteiger partial charge in [-0.25, -0.2) is 13.8 Å². The summed E-state index contributed by atoms with van der Waals surface area (Å²) < 4.78 is 34.2. The molecule has 0 aromatic carbocycles. The molecule has 0 spiro atoms. The van der Waals surface area contributed by atoms with Crippen LogP contribution in [0.3, 0.4) is 0 Å². The smallest absolute Gasteiger partial charge is 0.264 e. The number of hydrogen-bond donors (Lipinski definition) is 1. The van der Waals surface area contributed by atoms with Crippen molar-refractivity contribution < 1.29 is 13.2 Å². The summed E-state index contributed by atoms with van der Waals surface area (Å²) >= 11 is 5.22. The van der Waals surface area contributed by atoms with Gasteiger partial charge >= 0.3 is 0 Å². The molecule has 24 heavy (non-hydrogen) atoms. The summed E-state index contributed by atoms with van der Waals surface area (Å²) in [7, 11) is 0. The van der Waals surface area contributed by atoms with Crippen LogP contribution in [0.25, 0.3) is 22.5 Å². The second-order valence-corrected chi connectivity index (χ2v) is 5.85. The molecule has 0 aliphatic rings. The first kappa shape index (κ1) is 16.5. The molecule has 3 heterocycles. The lowest BCUT2D eigenvalue weighted by molar-refractivity contribution is 0.153. The molecule has 0 aliphatic carbocycles. The van der Waals surface area contributed by atoms with Crippen LogP contribution >= 0.6 is 12.2 Å². The molecule has 0 unspecified atom stereocenters. The molecular weight excluding hydrogens is 336 g/mol. The predicted molar refractivity (Wildman–Crippen MR) is 88.8 cm³/mol. The Labute approximate surface area is 141 Å². The van der Waals surface area contributed by atoms with Gasteiger partial charge in [0, 0.05) is 11.6 Å². The zero-order chi connectivity index (χ0) is 17.4. The number of pyridine rings is 1. The Kier molecular flexibility index (Phi) is 4.31. The summed E-state index contributed by atoms with van der Waals surface area (Å²) in [6, 6.07) is 4.34. The minimum Gasteiger partial charge on any atom is -0.463 e. The van der Waals surface area contributed by atoms with E-state index < -0.39 is 12.0 Å². The molecule has 126 valence electrons. The maximum absolute atomic E-state index is 13.6. The van der Waals surface area contributed by atoms with Crippen LogP contribution in [0, 0.1) is 4.77 Å². The fourth-order valence-electron chi connectivity index (χ4n) is 2.59. The Morgan fingerprint density at radius 3 is 2.79 bits per heavy atom. The number of nitrogens with one attached hydrogen (secondary N) is 1. The summed E-state index contributed by atoms with van der Waals surface area (Å²) in [5.74, 6) is 0.348. The Morgan fingerprint density at radius 2 is 2.21 bits per heavy atom. The number of furan rings is 1. The Balaban J connectivity index is 2.49. The van der Waals surface area contributed by atoms with E-state index in [1.165, 1.54) is 12.3 Å².